The maximum absolute atomic E-state index is 4.26. The van der Waals surface area contributed by atoms with Gasteiger partial charge in [-0.15, -0.1) is 11.3 Å². The van der Waals surface area contributed by atoms with Crippen molar-refractivity contribution in [3.05, 3.63) is 52.0 Å². The summed E-state index contributed by atoms with van der Waals surface area (Å²) in [6, 6.07) is 6.83. The van der Waals surface area contributed by atoms with E-state index in [1.54, 1.807) is 0 Å². The average molecular weight is 260 g/mol. The first-order valence-corrected chi connectivity index (χ1v) is 7.35. The van der Waals surface area contributed by atoms with Crippen LogP contribution in [0.15, 0.2) is 36.0 Å². The minimum absolute atomic E-state index is 0.408. The second kappa shape index (κ2) is 6.66. The van der Waals surface area contributed by atoms with Crippen molar-refractivity contribution in [2.75, 3.05) is 6.54 Å². The van der Waals surface area contributed by atoms with Crippen LogP contribution in [0.2, 0.25) is 0 Å². The molecule has 0 saturated carbocycles. The zero-order valence-electron chi connectivity index (χ0n) is 11.0. The first kappa shape index (κ1) is 13.2. The van der Waals surface area contributed by atoms with E-state index < -0.39 is 0 Å². The van der Waals surface area contributed by atoms with Crippen molar-refractivity contribution in [3.8, 4) is 0 Å². The maximum Gasteiger partial charge on any atom is 0.0341 e. The molecule has 0 fully saturated rings. The number of thiophene rings is 1. The van der Waals surface area contributed by atoms with E-state index in [1.165, 1.54) is 16.0 Å². The van der Waals surface area contributed by atoms with Crippen molar-refractivity contribution in [1.82, 2.24) is 10.3 Å². The Balaban J connectivity index is 2.06. The van der Waals surface area contributed by atoms with Gasteiger partial charge < -0.3 is 5.32 Å². The van der Waals surface area contributed by atoms with E-state index in [0.717, 1.165) is 19.4 Å². The SMILES string of the molecule is CCNC(CCc1cccs1)c1cnccc1C. The molecule has 2 heterocycles. The Morgan fingerprint density at radius 3 is 2.94 bits per heavy atom. The van der Waals surface area contributed by atoms with Crippen LogP contribution in [-0.2, 0) is 6.42 Å². The number of nitrogens with zero attached hydrogens (tertiary/aromatic N) is 1. The van der Waals surface area contributed by atoms with Gasteiger partial charge in [-0.05, 0) is 54.9 Å². The molecule has 2 rings (SSSR count). The van der Waals surface area contributed by atoms with Crippen molar-refractivity contribution < 1.29 is 0 Å². The fourth-order valence-corrected chi connectivity index (χ4v) is 2.92. The maximum atomic E-state index is 4.26. The fraction of sp³-hybridized carbons (Fsp3) is 0.400. The second-order valence-corrected chi connectivity index (χ2v) is 5.49. The zero-order valence-corrected chi connectivity index (χ0v) is 11.8. The lowest BCUT2D eigenvalue weighted by Gasteiger charge is -2.19. The summed E-state index contributed by atoms with van der Waals surface area (Å²) in [5.41, 5.74) is 2.65. The predicted octanol–water partition coefficient (Wildman–Crippen LogP) is 3.73. The van der Waals surface area contributed by atoms with Crippen LogP contribution in [0.1, 0.15) is 35.4 Å². The van der Waals surface area contributed by atoms with Crippen molar-refractivity contribution in [3.63, 3.8) is 0 Å². The number of nitrogens with one attached hydrogen (secondary N) is 1. The van der Waals surface area contributed by atoms with Gasteiger partial charge in [0.05, 0.1) is 0 Å². The van der Waals surface area contributed by atoms with Crippen molar-refractivity contribution >= 4 is 11.3 Å². The minimum Gasteiger partial charge on any atom is -0.310 e. The van der Waals surface area contributed by atoms with Gasteiger partial charge in [-0.25, -0.2) is 0 Å². The molecule has 0 radical (unpaired) electrons. The van der Waals surface area contributed by atoms with E-state index in [1.807, 2.05) is 23.7 Å². The molecule has 1 N–H and O–H groups in total. The number of hydrogen-bond acceptors (Lipinski definition) is 3. The normalized spacial score (nSPS) is 12.6. The molecule has 96 valence electrons. The lowest BCUT2D eigenvalue weighted by Crippen LogP contribution is -2.22. The van der Waals surface area contributed by atoms with Crippen molar-refractivity contribution in [1.29, 1.82) is 0 Å². The van der Waals surface area contributed by atoms with E-state index in [0.29, 0.717) is 6.04 Å². The van der Waals surface area contributed by atoms with Gasteiger partial charge in [0, 0.05) is 23.3 Å². The molecular formula is C15H20N2S. The quantitative estimate of drug-likeness (QED) is 0.856. The van der Waals surface area contributed by atoms with E-state index in [2.05, 4.69) is 47.7 Å². The average Bonchev–Trinajstić information content (AvgIpc) is 2.88. The molecule has 2 aromatic heterocycles. The molecule has 0 amide bonds. The smallest absolute Gasteiger partial charge is 0.0341 e. The van der Waals surface area contributed by atoms with Crippen LogP contribution in [0.25, 0.3) is 0 Å². The Hall–Kier alpha value is -1.19. The van der Waals surface area contributed by atoms with Crippen LogP contribution < -0.4 is 5.32 Å². The Kier molecular flexibility index (Phi) is 4.90. The lowest BCUT2D eigenvalue weighted by atomic mass is 9.99. The summed E-state index contributed by atoms with van der Waals surface area (Å²) >= 11 is 1.84. The molecule has 0 aromatic carbocycles. The standard InChI is InChI=1S/C15H20N2S/c1-3-17-15(7-6-13-5-4-10-18-13)14-11-16-9-8-12(14)2/h4-5,8-11,15,17H,3,6-7H2,1-2H3. The van der Waals surface area contributed by atoms with Gasteiger partial charge >= 0.3 is 0 Å². The number of rotatable bonds is 6. The van der Waals surface area contributed by atoms with Crippen molar-refractivity contribution in [2.45, 2.75) is 32.7 Å². The number of aryl methyl sites for hydroxylation is 2. The Morgan fingerprint density at radius 2 is 2.28 bits per heavy atom. The molecule has 1 atom stereocenters. The van der Waals surface area contributed by atoms with Crippen LogP contribution in [0.5, 0.6) is 0 Å². The number of aromatic nitrogens is 1. The number of pyridine rings is 1. The Labute approximate surface area is 113 Å². The lowest BCUT2D eigenvalue weighted by molar-refractivity contribution is 0.513. The van der Waals surface area contributed by atoms with Gasteiger partial charge in [0.2, 0.25) is 0 Å². The Morgan fingerprint density at radius 1 is 1.39 bits per heavy atom. The highest BCUT2D eigenvalue weighted by molar-refractivity contribution is 7.09. The highest BCUT2D eigenvalue weighted by Gasteiger charge is 2.13. The monoisotopic (exact) mass is 260 g/mol. The third-order valence-electron chi connectivity index (χ3n) is 3.17. The molecular weight excluding hydrogens is 240 g/mol. The van der Waals surface area contributed by atoms with Crippen LogP contribution in [-0.4, -0.2) is 11.5 Å². The summed E-state index contributed by atoms with van der Waals surface area (Å²) in [6.07, 6.45) is 6.11. The van der Waals surface area contributed by atoms with Gasteiger partial charge in [0.15, 0.2) is 0 Å². The van der Waals surface area contributed by atoms with Gasteiger partial charge in [-0.1, -0.05) is 13.0 Å². The van der Waals surface area contributed by atoms with E-state index in [-0.39, 0.29) is 0 Å². The third-order valence-corrected chi connectivity index (χ3v) is 4.10. The zero-order chi connectivity index (χ0) is 12.8. The third kappa shape index (κ3) is 3.40. The first-order valence-electron chi connectivity index (χ1n) is 6.47. The molecule has 1 unspecified atom stereocenters. The molecule has 2 nitrogen and oxygen atoms in total. The van der Waals surface area contributed by atoms with Gasteiger partial charge in [-0.3, -0.25) is 4.98 Å². The molecule has 0 aliphatic carbocycles. The predicted molar refractivity (Wildman–Crippen MR) is 78.0 cm³/mol. The summed E-state index contributed by atoms with van der Waals surface area (Å²) in [4.78, 5) is 5.71. The van der Waals surface area contributed by atoms with Crippen LogP contribution in [0.3, 0.4) is 0 Å². The fourth-order valence-electron chi connectivity index (χ4n) is 2.20. The molecule has 0 aliphatic heterocycles. The molecule has 18 heavy (non-hydrogen) atoms. The molecule has 0 aliphatic rings. The van der Waals surface area contributed by atoms with Crippen molar-refractivity contribution in [2.24, 2.45) is 0 Å². The number of hydrogen-bond donors (Lipinski definition) is 1. The summed E-state index contributed by atoms with van der Waals surface area (Å²) < 4.78 is 0. The molecule has 0 saturated heterocycles. The molecule has 0 bridgehead atoms. The molecule has 0 spiro atoms. The van der Waals surface area contributed by atoms with Crippen LogP contribution in [0.4, 0.5) is 0 Å². The minimum atomic E-state index is 0.408. The summed E-state index contributed by atoms with van der Waals surface area (Å²) in [5, 5.41) is 5.71. The highest BCUT2D eigenvalue weighted by atomic mass is 32.1. The summed E-state index contributed by atoms with van der Waals surface area (Å²) in [6.45, 7) is 5.31. The molecule has 2 aromatic rings. The highest BCUT2D eigenvalue weighted by Crippen LogP contribution is 2.22. The van der Waals surface area contributed by atoms with Gasteiger partial charge in [0.25, 0.3) is 0 Å². The largest absolute Gasteiger partial charge is 0.310 e. The topological polar surface area (TPSA) is 24.9 Å². The molecule has 3 heteroatoms. The van der Waals surface area contributed by atoms with Crippen LogP contribution >= 0.6 is 11.3 Å². The van der Waals surface area contributed by atoms with Gasteiger partial charge in [0.1, 0.15) is 0 Å². The van der Waals surface area contributed by atoms with Crippen LogP contribution in [0, 0.1) is 6.92 Å². The van der Waals surface area contributed by atoms with Gasteiger partial charge in [-0.2, -0.15) is 0 Å². The second-order valence-electron chi connectivity index (χ2n) is 4.46. The first-order chi connectivity index (χ1) is 8.81. The Bertz CT molecular complexity index is 465. The summed E-state index contributed by atoms with van der Waals surface area (Å²) in [5.74, 6) is 0. The summed E-state index contributed by atoms with van der Waals surface area (Å²) in [7, 11) is 0. The van der Waals surface area contributed by atoms with E-state index >= 15 is 0 Å². The van der Waals surface area contributed by atoms with E-state index in [4.69, 9.17) is 0 Å². The van der Waals surface area contributed by atoms with E-state index in [9.17, 15) is 0 Å².